The second kappa shape index (κ2) is 13.5. The third-order valence-electron chi connectivity index (χ3n) is 11.9. The highest BCUT2D eigenvalue weighted by molar-refractivity contribution is 6.19. The zero-order valence-electron chi connectivity index (χ0n) is 31.7. The molecule has 272 valence electrons. The Hall–Kier alpha value is -7.62. The fourth-order valence-corrected chi connectivity index (χ4v) is 9.46. The Morgan fingerprint density at radius 3 is 1.69 bits per heavy atom. The van der Waals surface area contributed by atoms with Gasteiger partial charge in [0.05, 0.1) is 22.5 Å². The van der Waals surface area contributed by atoms with Gasteiger partial charge in [-0.1, -0.05) is 182 Å². The minimum absolute atomic E-state index is 0.220. The van der Waals surface area contributed by atoms with E-state index < -0.39 is 5.41 Å². The Labute approximate surface area is 338 Å². The monoisotopic (exact) mass is 739 g/mol. The van der Waals surface area contributed by atoms with Crippen LogP contribution in [0, 0.1) is 5.41 Å². The van der Waals surface area contributed by atoms with Gasteiger partial charge in [0, 0.05) is 22.4 Å². The number of benzene rings is 9. The van der Waals surface area contributed by atoms with Crippen molar-refractivity contribution in [3.8, 4) is 22.3 Å². The zero-order chi connectivity index (χ0) is 38.6. The summed E-state index contributed by atoms with van der Waals surface area (Å²) in [7, 11) is 0. The summed E-state index contributed by atoms with van der Waals surface area (Å²) in [6.45, 7) is 0. The Morgan fingerprint density at radius 1 is 0.431 bits per heavy atom. The van der Waals surface area contributed by atoms with Crippen molar-refractivity contribution < 1.29 is 0 Å². The van der Waals surface area contributed by atoms with E-state index in [1.165, 1.54) is 55.5 Å². The summed E-state index contributed by atoms with van der Waals surface area (Å²) in [6, 6.07) is 77.7. The van der Waals surface area contributed by atoms with Crippen LogP contribution in [-0.2, 0) is 5.41 Å². The third-order valence-corrected chi connectivity index (χ3v) is 11.9. The van der Waals surface area contributed by atoms with Crippen molar-refractivity contribution in [1.29, 1.82) is 5.41 Å². The molecule has 2 aliphatic rings. The molecule has 0 bridgehead atoms. The molecule has 0 fully saturated rings. The largest absolute Gasteiger partial charge is 0.310 e. The Balaban J connectivity index is 1.12. The average molecular weight is 740 g/mol. The molecule has 1 aliphatic heterocycles. The molecule has 0 saturated heterocycles. The van der Waals surface area contributed by atoms with E-state index in [0.29, 0.717) is 0 Å². The van der Waals surface area contributed by atoms with E-state index in [4.69, 9.17) is 4.99 Å². The minimum atomic E-state index is -0.585. The van der Waals surface area contributed by atoms with Crippen molar-refractivity contribution in [2.45, 2.75) is 5.41 Å². The summed E-state index contributed by atoms with van der Waals surface area (Å²) in [4.78, 5) is 7.41. The van der Waals surface area contributed by atoms with Crippen LogP contribution in [0.15, 0.2) is 223 Å². The van der Waals surface area contributed by atoms with Crippen LogP contribution in [0.1, 0.15) is 38.9 Å². The van der Waals surface area contributed by atoms with Crippen molar-refractivity contribution >= 4 is 39.4 Å². The molecular weight excluding hydrogens is 703 g/mol. The van der Waals surface area contributed by atoms with E-state index in [9.17, 15) is 5.41 Å². The fourth-order valence-electron chi connectivity index (χ4n) is 9.46. The van der Waals surface area contributed by atoms with E-state index >= 15 is 0 Å². The van der Waals surface area contributed by atoms with Crippen LogP contribution in [0.3, 0.4) is 0 Å². The molecule has 0 amide bonds. The Bertz CT molecular complexity index is 2990. The molecule has 1 spiro atoms. The SMILES string of the molecule is N=C(N=C(c1ccccc1)c1ccccc1)c1cccc(-c2ccc3c(c2)C2(c4ccccc4N(c4ccccc4)c4ccccc42)c2ccc4ccccc4c2-3)c1. The maximum atomic E-state index is 9.32. The summed E-state index contributed by atoms with van der Waals surface area (Å²) < 4.78 is 0. The van der Waals surface area contributed by atoms with Crippen molar-refractivity contribution in [2.24, 2.45) is 4.99 Å². The second-order valence-corrected chi connectivity index (χ2v) is 15.0. The van der Waals surface area contributed by atoms with Crippen molar-refractivity contribution in [1.82, 2.24) is 0 Å². The molecular formula is C55H37N3. The smallest absolute Gasteiger partial charge is 0.152 e. The first kappa shape index (κ1) is 33.7. The van der Waals surface area contributed by atoms with Gasteiger partial charge in [-0.3, -0.25) is 5.41 Å². The highest BCUT2D eigenvalue weighted by atomic mass is 15.2. The zero-order valence-corrected chi connectivity index (χ0v) is 31.7. The van der Waals surface area contributed by atoms with Crippen molar-refractivity contribution in [2.75, 3.05) is 4.90 Å². The number of aliphatic imine (C=N–C) groups is 1. The van der Waals surface area contributed by atoms with Gasteiger partial charge in [0.2, 0.25) is 0 Å². The summed E-state index contributed by atoms with van der Waals surface area (Å²) in [5, 5.41) is 11.8. The van der Waals surface area contributed by atoms with Crippen LogP contribution in [0.4, 0.5) is 17.1 Å². The molecule has 1 N–H and O–H groups in total. The third kappa shape index (κ3) is 5.14. The first-order chi connectivity index (χ1) is 28.7. The van der Waals surface area contributed by atoms with Gasteiger partial charge >= 0.3 is 0 Å². The molecule has 0 saturated carbocycles. The molecule has 3 heteroatoms. The highest BCUT2D eigenvalue weighted by Crippen LogP contribution is 2.64. The fraction of sp³-hybridized carbons (Fsp3) is 0.0182. The van der Waals surface area contributed by atoms with Gasteiger partial charge in [-0.05, 0) is 91.7 Å². The Kier molecular flexibility index (Phi) is 7.87. The summed E-state index contributed by atoms with van der Waals surface area (Å²) in [5.74, 6) is 0.220. The van der Waals surface area contributed by atoms with Gasteiger partial charge in [0.25, 0.3) is 0 Å². The number of nitrogens with zero attached hydrogens (tertiary/aromatic N) is 2. The number of fused-ring (bicyclic) bond motifs is 11. The number of rotatable bonds is 5. The molecule has 9 aromatic rings. The van der Waals surface area contributed by atoms with Crippen LogP contribution in [0.25, 0.3) is 33.0 Å². The molecule has 0 radical (unpaired) electrons. The minimum Gasteiger partial charge on any atom is -0.310 e. The van der Waals surface area contributed by atoms with E-state index in [-0.39, 0.29) is 5.84 Å². The van der Waals surface area contributed by atoms with Gasteiger partial charge in [-0.2, -0.15) is 0 Å². The number of anilines is 3. The number of amidine groups is 1. The lowest BCUT2D eigenvalue weighted by molar-refractivity contribution is 0.753. The van der Waals surface area contributed by atoms with Crippen molar-refractivity contribution in [3.05, 3.63) is 257 Å². The molecule has 1 aliphatic carbocycles. The lowest BCUT2D eigenvalue weighted by atomic mass is 9.64. The van der Waals surface area contributed by atoms with E-state index in [0.717, 1.165) is 39.2 Å². The predicted molar refractivity (Wildman–Crippen MR) is 240 cm³/mol. The number of nitrogens with one attached hydrogen (secondary N) is 1. The van der Waals surface area contributed by atoms with Crippen LogP contribution >= 0.6 is 0 Å². The molecule has 1 heterocycles. The van der Waals surface area contributed by atoms with E-state index in [1.807, 2.05) is 48.5 Å². The lowest BCUT2D eigenvalue weighted by Crippen LogP contribution is -2.36. The Morgan fingerprint density at radius 2 is 1.00 bits per heavy atom. The molecule has 11 rings (SSSR count). The number of para-hydroxylation sites is 3. The van der Waals surface area contributed by atoms with E-state index in [2.05, 4.69) is 175 Å². The highest BCUT2D eigenvalue weighted by Gasteiger charge is 2.52. The van der Waals surface area contributed by atoms with Gasteiger partial charge in [-0.25, -0.2) is 4.99 Å². The lowest BCUT2D eigenvalue weighted by Gasteiger charge is -2.45. The first-order valence-corrected chi connectivity index (χ1v) is 19.8. The van der Waals surface area contributed by atoms with Gasteiger partial charge < -0.3 is 4.90 Å². The summed E-state index contributed by atoms with van der Waals surface area (Å²) >= 11 is 0. The van der Waals surface area contributed by atoms with Crippen LogP contribution in [0.5, 0.6) is 0 Å². The molecule has 9 aromatic carbocycles. The summed E-state index contributed by atoms with van der Waals surface area (Å²) in [5.41, 5.74) is 16.1. The van der Waals surface area contributed by atoms with Gasteiger partial charge in [0.1, 0.15) is 0 Å². The molecule has 0 atom stereocenters. The standard InChI is InChI=1S/C55H37N3/c56-54(57-53(38-18-4-1-5-19-38)39-20-6-2-7-21-39)42-23-16-22-40(35-42)41-31-33-45-49(36-41)55(48-34-32-37-17-10-11-26-44(37)52(45)48)46-27-12-14-29-50(46)58(43-24-8-3-9-25-43)51-30-15-13-28-47(51)55/h1-36,56H. The van der Waals surface area contributed by atoms with Crippen LogP contribution in [0.2, 0.25) is 0 Å². The van der Waals surface area contributed by atoms with E-state index in [1.54, 1.807) is 0 Å². The molecule has 0 aromatic heterocycles. The average Bonchev–Trinajstić information content (AvgIpc) is 3.59. The summed E-state index contributed by atoms with van der Waals surface area (Å²) in [6.07, 6.45) is 0. The maximum Gasteiger partial charge on any atom is 0.152 e. The maximum absolute atomic E-state index is 9.32. The molecule has 0 unspecified atom stereocenters. The van der Waals surface area contributed by atoms with Gasteiger partial charge in [0.15, 0.2) is 5.84 Å². The first-order valence-electron chi connectivity index (χ1n) is 19.8. The predicted octanol–water partition coefficient (Wildman–Crippen LogP) is 13.5. The molecule has 58 heavy (non-hydrogen) atoms. The van der Waals surface area contributed by atoms with Crippen LogP contribution in [-0.4, -0.2) is 11.5 Å². The normalized spacial score (nSPS) is 13.0. The van der Waals surface area contributed by atoms with Gasteiger partial charge in [-0.15, -0.1) is 0 Å². The van der Waals surface area contributed by atoms with Crippen molar-refractivity contribution in [3.63, 3.8) is 0 Å². The quantitative estimate of drug-likeness (QED) is 0.139. The molecule has 3 nitrogen and oxygen atoms in total. The number of hydrogen-bond donors (Lipinski definition) is 1. The van der Waals surface area contributed by atoms with Crippen LogP contribution < -0.4 is 4.90 Å². The number of hydrogen-bond acceptors (Lipinski definition) is 2. The topological polar surface area (TPSA) is 39.5 Å². The second-order valence-electron chi connectivity index (χ2n) is 15.0.